The molecule has 0 fully saturated rings. The van der Waals surface area contributed by atoms with Crippen LogP contribution in [-0.4, -0.2) is 51.6 Å². The number of esters is 1. The lowest BCUT2D eigenvalue weighted by molar-refractivity contribution is -0.143. The van der Waals surface area contributed by atoms with Crippen LogP contribution >= 0.6 is 11.8 Å². The first-order valence-electron chi connectivity index (χ1n) is 18.3. The van der Waals surface area contributed by atoms with E-state index in [1.807, 2.05) is 13.8 Å². The van der Waals surface area contributed by atoms with E-state index in [1.165, 1.54) is 19.3 Å². The van der Waals surface area contributed by atoms with Crippen molar-refractivity contribution in [2.45, 2.75) is 176 Å². The highest BCUT2D eigenvalue weighted by Crippen LogP contribution is 2.47. The molecule has 0 aromatic carbocycles. The highest BCUT2D eigenvalue weighted by molar-refractivity contribution is 8.03. The third-order valence-electron chi connectivity index (χ3n) is 10.5. The summed E-state index contributed by atoms with van der Waals surface area (Å²) in [5.41, 5.74) is 0. The third-order valence-corrected chi connectivity index (χ3v) is 20.8. The van der Waals surface area contributed by atoms with Crippen LogP contribution < -0.4 is 0 Å². The van der Waals surface area contributed by atoms with Crippen LogP contribution in [0.4, 0.5) is 0 Å². The van der Waals surface area contributed by atoms with Crippen LogP contribution in [0.1, 0.15) is 128 Å². The molecule has 1 N–H and O–H groups in total. The summed E-state index contributed by atoms with van der Waals surface area (Å²) >= 11 is 1.75. The fourth-order valence-corrected chi connectivity index (χ4v) is 8.95. The Balaban J connectivity index is 3.58. The van der Waals surface area contributed by atoms with Gasteiger partial charge < -0.3 is 18.7 Å². The van der Waals surface area contributed by atoms with Gasteiger partial charge in [0.05, 0.1) is 24.0 Å². The molecule has 9 heteroatoms. The van der Waals surface area contributed by atoms with E-state index < -0.39 is 22.6 Å². The zero-order valence-electron chi connectivity index (χ0n) is 32.9. The van der Waals surface area contributed by atoms with Gasteiger partial charge in [0, 0.05) is 17.2 Å². The van der Waals surface area contributed by atoms with Gasteiger partial charge >= 0.3 is 11.9 Å². The van der Waals surface area contributed by atoms with Crippen molar-refractivity contribution < 1.29 is 28.3 Å². The summed E-state index contributed by atoms with van der Waals surface area (Å²) in [6.45, 7) is 33.0. The maximum Gasteiger partial charge on any atom is 0.313 e. The fraction of sp³-hybridized carbons (Fsp3) is 0.842. The van der Waals surface area contributed by atoms with Crippen LogP contribution in [0.3, 0.4) is 0 Å². The van der Waals surface area contributed by atoms with Crippen LogP contribution in [0, 0.1) is 23.7 Å². The van der Waals surface area contributed by atoms with Gasteiger partial charge in [-0.2, -0.15) is 0 Å². The SMILES string of the molecule is CCCC[C@@H](C)C[C@@H](C=C[C@@H]1C(SCCCCC(C)C(=O)O)=C(OC(=O)C(C)C)C[C@H]1O[Si](C)(C)C(C)(C)C)O[Si](C)(C)C(C)(C)C. The first-order chi connectivity index (χ1) is 21.4. The van der Waals surface area contributed by atoms with Crippen molar-refractivity contribution >= 4 is 40.3 Å². The Morgan fingerprint density at radius 1 is 0.936 bits per heavy atom. The van der Waals surface area contributed by atoms with E-state index in [0.717, 1.165) is 35.7 Å². The highest BCUT2D eigenvalue weighted by Gasteiger charge is 2.45. The largest absolute Gasteiger partial charge is 0.481 e. The minimum Gasteiger partial charge on any atom is -0.481 e. The number of carboxylic acids is 1. The molecule has 0 saturated carbocycles. The summed E-state index contributed by atoms with van der Waals surface area (Å²) in [5.74, 6) is 0.553. The monoisotopic (exact) mass is 712 g/mol. The summed E-state index contributed by atoms with van der Waals surface area (Å²) in [6.07, 6.45) is 12.1. The number of hydrogen-bond donors (Lipinski definition) is 1. The first kappa shape index (κ1) is 44.1. The fourth-order valence-electron chi connectivity index (χ4n) is 5.04. The smallest absolute Gasteiger partial charge is 0.313 e. The molecular weight excluding hydrogens is 641 g/mol. The first-order valence-corrected chi connectivity index (χ1v) is 25.1. The number of ether oxygens (including phenoxy) is 1. The molecule has 0 aliphatic heterocycles. The third kappa shape index (κ3) is 14.5. The van der Waals surface area contributed by atoms with Gasteiger partial charge in [-0.1, -0.05) is 114 Å². The maximum absolute atomic E-state index is 13.0. The van der Waals surface area contributed by atoms with E-state index >= 15 is 0 Å². The molecule has 0 saturated heterocycles. The van der Waals surface area contributed by atoms with E-state index in [2.05, 4.69) is 93.7 Å². The Morgan fingerprint density at radius 3 is 2.04 bits per heavy atom. The summed E-state index contributed by atoms with van der Waals surface area (Å²) in [7, 11) is -4.19. The highest BCUT2D eigenvalue weighted by atomic mass is 32.2. The average molecular weight is 713 g/mol. The number of unbranched alkanes of at least 4 members (excludes halogenated alkanes) is 2. The van der Waals surface area contributed by atoms with Crippen molar-refractivity contribution in [2.24, 2.45) is 23.7 Å². The molecule has 47 heavy (non-hydrogen) atoms. The molecule has 1 aliphatic rings. The Morgan fingerprint density at radius 2 is 1.53 bits per heavy atom. The number of carbonyl (C=O) groups excluding carboxylic acids is 1. The molecule has 274 valence electrons. The van der Waals surface area contributed by atoms with E-state index in [1.54, 1.807) is 18.7 Å². The lowest BCUT2D eigenvalue weighted by atomic mass is 9.96. The lowest BCUT2D eigenvalue weighted by Crippen LogP contribution is -2.45. The zero-order valence-corrected chi connectivity index (χ0v) is 35.7. The van der Waals surface area contributed by atoms with Crippen molar-refractivity contribution in [3.05, 3.63) is 22.8 Å². The molecule has 0 heterocycles. The van der Waals surface area contributed by atoms with Gasteiger partial charge in [0.2, 0.25) is 0 Å². The number of thioether (sulfide) groups is 1. The molecule has 1 unspecified atom stereocenters. The second-order valence-corrected chi connectivity index (χ2v) is 28.0. The van der Waals surface area contributed by atoms with E-state index in [9.17, 15) is 14.7 Å². The second-order valence-electron chi connectivity index (χ2n) is 17.4. The van der Waals surface area contributed by atoms with E-state index in [4.69, 9.17) is 13.6 Å². The van der Waals surface area contributed by atoms with Crippen LogP contribution in [0.15, 0.2) is 22.8 Å². The van der Waals surface area contributed by atoms with Crippen LogP contribution in [0.25, 0.3) is 0 Å². The van der Waals surface area contributed by atoms with E-state index in [0.29, 0.717) is 18.8 Å². The van der Waals surface area contributed by atoms with Gasteiger partial charge in [-0.15, -0.1) is 11.8 Å². The number of rotatable bonds is 20. The number of carbonyl (C=O) groups is 2. The minimum atomic E-state index is -2.15. The van der Waals surface area contributed by atoms with Gasteiger partial charge in [0.15, 0.2) is 16.6 Å². The van der Waals surface area contributed by atoms with Crippen molar-refractivity contribution in [2.75, 3.05) is 5.75 Å². The molecule has 0 spiro atoms. The molecule has 0 aromatic rings. The number of aliphatic carboxylic acids is 1. The predicted molar refractivity (Wildman–Crippen MR) is 206 cm³/mol. The molecule has 1 rings (SSSR count). The molecule has 5 atom stereocenters. The Hall–Kier alpha value is -0.876. The number of hydrogen-bond acceptors (Lipinski definition) is 6. The average Bonchev–Trinajstić information content (AvgIpc) is 3.22. The van der Waals surface area contributed by atoms with E-state index in [-0.39, 0.29) is 46.0 Å². The van der Waals surface area contributed by atoms with Crippen molar-refractivity contribution in [1.29, 1.82) is 0 Å². The van der Waals surface area contributed by atoms with Crippen molar-refractivity contribution in [3.63, 3.8) is 0 Å². The van der Waals surface area contributed by atoms with Gasteiger partial charge in [0.25, 0.3) is 0 Å². The maximum atomic E-state index is 13.0. The molecular formula is C38H72O6SSi2. The predicted octanol–water partition coefficient (Wildman–Crippen LogP) is 11.6. The topological polar surface area (TPSA) is 82.1 Å². The van der Waals surface area contributed by atoms with Gasteiger partial charge in [-0.3, -0.25) is 9.59 Å². The summed E-state index contributed by atoms with van der Waals surface area (Å²) in [6, 6.07) is 0. The van der Waals surface area contributed by atoms with Gasteiger partial charge in [-0.05, 0) is 67.2 Å². The number of carboxylic acid groups (broad SMARTS) is 1. The summed E-state index contributed by atoms with van der Waals surface area (Å²) < 4.78 is 20.3. The second kappa shape index (κ2) is 18.9. The molecule has 0 amide bonds. The Labute approximate surface area is 295 Å². The Kier molecular flexibility index (Phi) is 17.8. The lowest BCUT2D eigenvalue weighted by Gasteiger charge is -2.40. The van der Waals surface area contributed by atoms with Crippen LogP contribution in [0.2, 0.25) is 36.3 Å². The molecule has 0 bridgehead atoms. The molecule has 0 aromatic heterocycles. The van der Waals surface area contributed by atoms with Crippen LogP contribution in [0.5, 0.6) is 0 Å². The molecule has 1 aliphatic carbocycles. The van der Waals surface area contributed by atoms with Crippen LogP contribution in [-0.2, 0) is 23.2 Å². The zero-order chi connectivity index (χ0) is 36.4. The summed E-state index contributed by atoms with van der Waals surface area (Å²) in [5, 5.41) is 9.46. The Bertz CT molecular complexity index is 1050. The minimum absolute atomic E-state index is 0.00212. The molecule has 6 nitrogen and oxygen atoms in total. The normalized spacial score (nSPS) is 20.3. The van der Waals surface area contributed by atoms with Gasteiger partial charge in [-0.25, -0.2) is 0 Å². The van der Waals surface area contributed by atoms with Crippen molar-refractivity contribution in [1.82, 2.24) is 0 Å². The standard InChI is InChI=1S/C38H72O6SSi2/c1-16-17-20-28(4)25-30(43-46(12,13)37(6,7)8)22-23-31-32(44-47(14,15)38(9,10)11)26-33(42-36(41)27(2)3)34(31)45-24-19-18-21-29(5)35(39)40/h22-23,27-32H,16-21,24-26H2,1-15H3,(H,39,40)/t28-,29?,30-,31+,32-/m1/s1. The molecule has 0 radical (unpaired) electrons. The summed E-state index contributed by atoms with van der Waals surface area (Å²) in [4.78, 5) is 25.4. The quantitative estimate of drug-likeness (QED) is 0.0582. The van der Waals surface area contributed by atoms with Gasteiger partial charge in [0.1, 0.15) is 5.76 Å². The van der Waals surface area contributed by atoms with Crippen molar-refractivity contribution in [3.8, 4) is 0 Å².